The van der Waals surface area contributed by atoms with E-state index in [1.165, 1.54) is 0 Å². The minimum atomic E-state index is -0.0916. The summed E-state index contributed by atoms with van der Waals surface area (Å²) in [7, 11) is 0. The topological polar surface area (TPSA) is 50.4 Å². The lowest BCUT2D eigenvalue weighted by Crippen LogP contribution is -2.44. The average molecular weight is 262 g/mol. The summed E-state index contributed by atoms with van der Waals surface area (Å²) in [6.07, 6.45) is 0. The van der Waals surface area contributed by atoms with E-state index in [0.717, 1.165) is 12.1 Å². The van der Waals surface area contributed by atoms with Gasteiger partial charge in [-0.1, -0.05) is 37.3 Å². The minimum Gasteiger partial charge on any atom is -0.379 e. The van der Waals surface area contributed by atoms with Crippen molar-refractivity contribution in [1.82, 2.24) is 10.6 Å². The molecule has 4 nitrogen and oxygen atoms in total. The molecule has 1 aromatic carbocycles. The third-order valence-electron chi connectivity index (χ3n) is 3.54. The number of likely N-dealkylation sites (N-methyl/N-ethyl adjacent to an activating group) is 1. The number of rotatable bonds is 5. The second kappa shape index (κ2) is 6.68. The Kier molecular flexibility index (Phi) is 4.93. The van der Waals surface area contributed by atoms with E-state index in [9.17, 15) is 4.79 Å². The van der Waals surface area contributed by atoms with Crippen molar-refractivity contribution >= 4 is 5.91 Å². The highest BCUT2D eigenvalue weighted by molar-refractivity contribution is 5.80. The summed E-state index contributed by atoms with van der Waals surface area (Å²) in [4.78, 5) is 12.3. The van der Waals surface area contributed by atoms with Crippen LogP contribution in [0.4, 0.5) is 0 Å². The highest BCUT2D eigenvalue weighted by atomic mass is 16.5. The fraction of sp³-hybridized carbons (Fsp3) is 0.533. The second-order valence-corrected chi connectivity index (χ2v) is 4.95. The lowest BCUT2D eigenvalue weighted by atomic mass is 10.0. The van der Waals surface area contributed by atoms with Gasteiger partial charge in [-0.05, 0) is 19.0 Å². The van der Waals surface area contributed by atoms with Crippen molar-refractivity contribution in [2.24, 2.45) is 5.92 Å². The molecule has 1 saturated heterocycles. The van der Waals surface area contributed by atoms with Crippen molar-refractivity contribution < 1.29 is 9.53 Å². The SMILES string of the molecule is CCNC1COCC1C(=O)N[C@@H](C)c1ccccc1. The molecule has 0 spiro atoms. The van der Waals surface area contributed by atoms with Crippen LogP contribution in [-0.4, -0.2) is 31.7 Å². The summed E-state index contributed by atoms with van der Waals surface area (Å²) >= 11 is 0. The van der Waals surface area contributed by atoms with Gasteiger partial charge in [-0.2, -0.15) is 0 Å². The van der Waals surface area contributed by atoms with E-state index in [4.69, 9.17) is 4.74 Å². The maximum absolute atomic E-state index is 12.3. The first-order chi connectivity index (χ1) is 9.22. The molecule has 0 aromatic heterocycles. The number of hydrogen-bond donors (Lipinski definition) is 2. The molecule has 1 heterocycles. The van der Waals surface area contributed by atoms with Gasteiger partial charge in [-0.25, -0.2) is 0 Å². The molecule has 0 saturated carbocycles. The van der Waals surface area contributed by atoms with Crippen LogP contribution in [0.5, 0.6) is 0 Å². The van der Waals surface area contributed by atoms with Gasteiger partial charge in [0.2, 0.25) is 5.91 Å². The van der Waals surface area contributed by atoms with E-state index in [0.29, 0.717) is 13.2 Å². The molecule has 1 amide bonds. The summed E-state index contributed by atoms with van der Waals surface area (Å²) in [5.74, 6) is -0.0223. The maximum atomic E-state index is 12.3. The van der Waals surface area contributed by atoms with Crippen molar-refractivity contribution in [2.45, 2.75) is 25.9 Å². The van der Waals surface area contributed by atoms with Gasteiger partial charge in [0.1, 0.15) is 0 Å². The first-order valence-corrected chi connectivity index (χ1v) is 6.88. The first kappa shape index (κ1) is 14.0. The minimum absolute atomic E-state index is 0.0246. The molecule has 4 heteroatoms. The third kappa shape index (κ3) is 3.55. The van der Waals surface area contributed by atoms with Gasteiger partial charge >= 0.3 is 0 Å². The zero-order valence-corrected chi connectivity index (χ0v) is 11.6. The zero-order chi connectivity index (χ0) is 13.7. The van der Waals surface area contributed by atoms with Gasteiger partial charge in [-0.15, -0.1) is 0 Å². The molecule has 0 bridgehead atoms. The van der Waals surface area contributed by atoms with Crippen LogP contribution >= 0.6 is 0 Å². The Labute approximate surface area is 114 Å². The van der Waals surface area contributed by atoms with Crippen LogP contribution < -0.4 is 10.6 Å². The van der Waals surface area contributed by atoms with Crippen LogP contribution in [0.1, 0.15) is 25.5 Å². The number of benzene rings is 1. The molecule has 1 aliphatic heterocycles. The number of nitrogens with one attached hydrogen (secondary N) is 2. The fourth-order valence-corrected chi connectivity index (χ4v) is 2.42. The van der Waals surface area contributed by atoms with Gasteiger partial charge in [-0.3, -0.25) is 4.79 Å². The normalized spacial score (nSPS) is 24.1. The van der Waals surface area contributed by atoms with Crippen molar-refractivity contribution in [3.63, 3.8) is 0 Å². The molecular weight excluding hydrogens is 240 g/mol. The van der Waals surface area contributed by atoms with E-state index in [1.807, 2.05) is 44.2 Å². The number of hydrogen-bond acceptors (Lipinski definition) is 3. The molecule has 104 valence electrons. The number of carbonyl (C=O) groups excluding carboxylic acids is 1. The van der Waals surface area contributed by atoms with Gasteiger partial charge in [0, 0.05) is 6.04 Å². The largest absolute Gasteiger partial charge is 0.379 e. The van der Waals surface area contributed by atoms with Crippen LogP contribution in [-0.2, 0) is 9.53 Å². The van der Waals surface area contributed by atoms with Crippen molar-refractivity contribution in [1.29, 1.82) is 0 Å². The quantitative estimate of drug-likeness (QED) is 0.845. The molecule has 1 fully saturated rings. The van der Waals surface area contributed by atoms with Crippen molar-refractivity contribution in [3.05, 3.63) is 35.9 Å². The molecule has 19 heavy (non-hydrogen) atoms. The Morgan fingerprint density at radius 2 is 2.11 bits per heavy atom. The Morgan fingerprint density at radius 3 is 2.79 bits per heavy atom. The van der Waals surface area contributed by atoms with E-state index in [1.54, 1.807) is 0 Å². The monoisotopic (exact) mass is 262 g/mol. The van der Waals surface area contributed by atoms with E-state index < -0.39 is 0 Å². The summed E-state index contributed by atoms with van der Waals surface area (Å²) < 4.78 is 5.41. The molecule has 1 aromatic rings. The number of amides is 1. The Hall–Kier alpha value is -1.39. The number of carbonyl (C=O) groups is 1. The van der Waals surface area contributed by atoms with Crippen molar-refractivity contribution in [3.8, 4) is 0 Å². The highest BCUT2D eigenvalue weighted by Gasteiger charge is 2.33. The highest BCUT2D eigenvalue weighted by Crippen LogP contribution is 2.17. The second-order valence-electron chi connectivity index (χ2n) is 4.95. The van der Waals surface area contributed by atoms with Gasteiger partial charge in [0.25, 0.3) is 0 Å². The predicted molar refractivity (Wildman–Crippen MR) is 74.8 cm³/mol. The molecule has 0 radical (unpaired) electrons. The molecule has 2 rings (SSSR count). The smallest absolute Gasteiger partial charge is 0.227 e. The first-order valence-electron chi connectivity index (χ1n) is 6.88. The standard InChI is InChI=1S/C15H22N2O2/c1-3-16-14-10-19-9-13(14)15(18)17-11(2)12-7-5-4-6-8-12/h4-8,11,13-14,16H,3,9-10H2,1-2H3,(H,17,18)/t11-,13?,14?/m0/s1. The molecular formula is C15H22N2O2. The average Bonchev–Trinajstić information content (AvgIpc) is 2.88. The van der Waals surface area contributed by atoms with E-state index >= 15 is 0 Å². The summed E-state index contributed by atoms with van der Waals surface area (Å²) in [6.45, 7) is 6.02. The van der Waals surface area contributed by atoms with Crippen LogP contribution in [0.2, 0.25) is 0 Å². The van der Waals surface area contributed by atoms with Gasteiger partial charge in [0.05, 0.1) is 25.2 Å². The van der Waals surface area contributed by atoms with E-state index in [2.05, 4.69) is 10.6 Å². The molecule has 3 atom stereocenters. The Morgan fingerprint density at radius 1 is 1.37 bits per heavy atom. The van der Waals surface area contributed by atoms with Crippen molar-refractivity contribution in [2.75, 3.05) is 19.8 Å². The van der Waals surface area contributed by atoms with Crippen LogP contribution in [0.3, 0.4) is 0 Å². The zero-order valence-electron chi connectivity index (χ0n) is 11.6. The maximum Gasteiger partial charge on any atom is 0.227 e. The number of ether oxygens (including phenoxy) is 1. The summed E-state index contributed by atoms with van der Waals surface area (Å²) in [5.41, 5.74) is 1.12. The predicted octanol–water partition coefficient (Wildman–Crippen LogP) is 1.49. The fourth-order valence-electron chi connectivity index (χ4n) is 2.42. The molecule has 2 unspecified atom stereocenters. The summed E-state index contributed by atoms with van der Waals surface area (Å²) in [6, 6.07) is 10.2. The van der Waals surface area contributed by atoms with E-state index in [-0.39, 0.29) is 23.9 Å². The van der Waals surface area contributed by atoms with Crippen LogP contribution in [0.25, 0.3) is 0 Å². The lowest BCUT2D eigenvalue weighted by Gasteiger charge is -2.21. The van der Waals surface area contributed by atoms with Gasteiger partial charge in [0.15, 0.2) is 0 Å². The van der Waals surface area contributed by atoms with Crippen LogP contribution in [0.15, 0.2) is 30.3 Å². The van der Waals surface area contributed by atoms with Crippen LogP contribution in [0, 0.1) is 5.92 Å². The lowest BCUT2D eigenvalue weighted by molar-refractivity contribution is -0.126. The third-order valence-corrected chi connectivity index (χ3v) is 3.54. The van der Waals surface area contributed by atoms with Gasteiger partial charge < -0.3 is 15.4 Å². The molecule has 0 aliphatic carbocycles. The molecule has 1 aliphatic rings. The summed E-state index contributed by atoms with van der Waals surface area (Å²) in [5, 5.41) is 6.37. The Balaban J connectivity index is 1.93. The molecule has 2 N–H and O–H groups in total. The Bertz CT molecular complexity index is 408.